The Kier molecular flexibility index (Phi) is 10.2. The van der Waals surface area contributed by atoms with E-state index in [2.05, 4.69) is 15.2 Å². The minimum absolute atomic E-state index is 0. The highest BCUT2D eigenvalue weighted by atomic mass is 127. The summed E-state index contributed by atoms with van der Waals surface area (Å²) in [7, 11) is 3.63. The molecule has 0 aliphatic carbocycles. The van der Waals surface area contributed by atoms with Gasteiger partial charge in [0.2, 0.25) is 5.91 Å². The molecule has 7 nitrogen and oxygen atoms in total. The van der Waals surface area contributed by atoms with Gasteiger partial charge >= 0.3 is 0 Å². The maximum atomic E-state index is 12.4. The number of halogens is 1. The Bertz CT molecular complexity index is 653. The number of hydrogen-bond donors (Lipinski definition) is 1. The fourth-order valence-electron chi connectivity index (χ4n) is 3.74. The molecule has 2 aliphatic rings. The monoisotopic (exact) mass is 516 g/mol. The summed E-state index contributed by atoms with van der Waals surface area (Å²) in [6.45, 7) is 4.25. The van der Waals surface area contributed by atoms with Crippen LogP contribution in [0.2, 0.25) is 0 Å². The molecule has 2 atom stereocenters. The molecule has 1 aromatic rings. The third-order valence-corrected chi connectivity index (χ3v) is 5.29. The highest BCUT2D eigenvalue weighted by molar-refractivity contribution is 14.0. The highest BCUT2D eigenvalue weighted by Gasteiger charge is 2.32. The predicted molar refractivity (Wildman–Crippen MR) is 125 cm³/mol. The van der Waals surface area contributed by atoms with Crippen LogP contribution in [0.1, 0.15) is 24.8 Å². The van der Waals surface area contributed by atoms with E-state index in [4.69, 9.17) is 9.47 Å². The van der Waals surface area contributed by atoms with Crippen molar-refractivity contribution in [2.24, 2.45) is 4.99 Å². The van der Waals surface area contributed by atoms with Crippen LogP contribution < -0.4 is 5.32 Å². The molecule has 8 heteroatoms. The molecular formula is C21H33IN4O3. The number of benzene rings is 1. The fourth-order valence-corrected chi connectivity index (χ4v) is 3.74. The van der Waals surface area contributed by atoms with E-state index in [9.17, 15) is 4.79 Å². The summed E-state index contributed by atoms with van der Waals surface area (Å²) < 4.78 is 11.7. The lowest BCUT2D eigenvalue weighted by Gasteiger charge is -2.37. The van der Waals surface area contributed by atoms with E-state index < -0.39 is 0 Å². The van der Waals surface area contributed by atoms with E-state index >= 15 is 0 Å². The Morgan fingerprint density at radius 2 is 2.00 bits per heavy atom. The van der Waals surface area contributed by atoms with Crippen molar-refractivity contribution in [3.63, 3.8) is 0 Å². The van der Waals surface area contributed by atoms with Gasteiger partial charge in [0.05, 0.1) is 12.7 Å². The molecule has 0 bridgehead atoms. The van der Waals surface area contributed by atoms with Gasteiger partial charge in [0, 0.05) is 53.3 Å². The second-order valence-electron chi connectivity index (χ2n) is 7.37. The lowest BCUT2D eigenvalue weighted by Crippen LogP contribution is -2.53. The molecule has 162 valence electrons. The van der Waals surface area contributed by atoms with Crippen molar-refractivity contribution in [1.29, 1.82) is 0 Å². The average molecular weight is 516 g/mol. The number of guanidine groups is 1. The third kappa shape index (κ3) is 7.11. The third-order valence-electron chi connectivity index (χ3n) is 5.29. The van der Waals surface area contributed by atoms with Crippen LogP contribution in [-0.4, -0.2) is 80.8 Å². The van der Waals surface area contributed by atoms with Crippen molar-refractivity contribution in [1.82, 2.24) is 15.1 Å². The number of morpholine rings is 1. The summed E-state index contributed by atoms with van der Waals surface area (Å²) in [5.41, 5.74) is 1.13. The number of amides is 1. The zero-order valence-corrected chi connectivity index (χ0v) is 19.7. The topological polar surface area (TPSA) is 66.4 Å². The molecule has 1 N–H and O–H groups in total. The number of carbonyl (C=O) groups is 1. The van der Waals surface area contributed by atoms with Crippen molar-refractivity contribution in [3.05, 3.63) is 35.9 Å². The van der Waals surface area contributed by atoms with Crippen molar-refractivity contribution in [2.75, 3.05) is 46.9 Å². The summed E-state index contributed by atoms with van der Waals surface area (Å²) in [5, 5.41) is 3.33. The highest BCUT2D eigenvalue weighted by Crippen LogP contribution is 2.21. The molecule has 2 heterocycles. The van der Waals surface area contributed by atoms with Crippen LogP contribution in [0.25, 0.3) is 0 Å². The van der Waals surface area contributed by atoms with Gasteiger partial charge in [-0.15, -0.1) is 24.0 Å². The fraction of sp³-hybridized carbons (Fsp3) is 0.619. The number of nitrogens with zero attached hydrogens (tertiary/aromatic N) is 3. The Morgan fingerprint density at radius 3 is 2.69 bits per heavy atom. The molecule has 2 unspecified atom stereocenters. The van der Waals surface area contributed by atoms with Crippen LogP contribution in [0.3, 0.4) is 0 Å². The van der Waals surface area contributed by atoms with E-state index in [0.717, 1.165) is 44.1 Å². The molecule has 29 heavy (non-hydrogen) atoms. The maximum Gasteiger partial charge on any atom is 0.224 e. The first-order valence-electron chi connectivity index (χ1n) is 10.1. The van der Waals surface area contributed by atoms with Crippen LogP contribution in [0.15, 0.2) is 35.3 Å². The first-order valence-corrected chi connectivity index (χ1v) is 10.1. The number of rotatable bonds is 6. The number of carbonyl (C=O) groups excluding carboxylic acids is 1. The molecule has 2 aliphatic heterocycles. The van der Waals surface area contributed by atoms with Gasteiger partial charge in [-0.25, -0.2) is 0 Å². The quantitative estimate of drug-likeness (QED) is 0.357. The summed E-state index contributed by atoms with van der Waals surface area (Å²) in [4.78, 5) is 20.8. The van der Waals surface area contributed by atoms with E-state index in [1.807, 2.05) is 37.4 Å². The van der Waals surface area contributed by atoms with Gasteiger partial charge in [0.15, 0.2) is 5.96 Å². The van der Waals surface area contributed by atoms with Crippen LogP contribution in [-0.2, 0) is 20.8 Å². The predicted octanol–water partition coefficient (Wildman–Crippen LogP) is 2.11. The lowest BCUT2D eigenvalue weighted by atomic mass is 10.1. The van der Waals surface area contributed by atoms with Crippen LogP contribution >= 0.6 is 24.0 Å². The second-order valence-corrected chi connectivity index (χ2v) is 7.37. The maximum absolute atomic E-state index is 12.4. The summed E-state index contributed by atoms with van der Waals surface area (Å²) in [6, 6.07) is 10.0. The first kappa shape index (κ1) is 23.9. The molecule has 3 rings (SSSR count). The van der Waals surface area contributed by atoms with Gasteiger partial charge in [-0.2, -0.15) is 0 Å². The SMILES string of the molecule is CN=C(NCCC(=O)N(C)Cc1ccccc1)N1CCOC(C2CCCO2)C1.I. The van der Waals surface area contributed by atoms with Gasteiger partial charge in [-0.05, 0) is 18.4 Å². The Labute approximate surface area is 190 Å². The Hall–Kier alpha value is -1.39. The Morgan fingerprint density at radius 1 is 1.24 bits per heavy atom. The molecule has 1 amide bonds. The minimum Gasteiger partial charge on any atom is -0.375 e. The largest absolute Gasteiger partial charge is 0.375 e. The van der Waals surface area contributed by atoms with Crippen LogP contribution in [0.5, 0.6) is 0 Å². The van der Waals surface area contributed by atoms with E-state index in [1.165, 1.54) is 0 Å². The lowest BCUT2D eigenvalue weighted by molar-refractivity contribution is -0.130. The van der Waals surface area contributed by atoms with Gasteiger partial charge in [0.1, 0.15) is 6.10 Å². The second kappa shape index (κ2) is 12.3. The average Bonchev–Trinajstić information content (AvgIpc) is 3.27. The van der Waals surface area contributed by atoms with E-state index in [1.54, 1.807) is 11.9 Å². The Balaban J connectivity index is 0.00000300. The van der Waals surface area contributed by atoms with Gasteiger partial charge in [-0.3, -0.25) is 9.79 Å². The normalized spacial score (nSPS) is 22.1. The van der Waals surface area contributed by atoms with Gasteiger partial charge in [0.25, 0.3) is 0 Å². The molecule has 0 saturated carbocycles. The molecular weight excluding hydrogens is 483 g/mol. The summed E-state index contributed by atoms with van der Waals surface area (Å²) in [6.07, 6.45) is 2.88. The summed E-state index contributed by atoms with van der Waals surface area (Å²) in [5.74, 6) is 0.941. The first-order chi connectivity index (χ1) is 13.7. The van der Waals surface area contributed by atoms with Crippen molar-refractivity contribution >= 4 is 35.8 Å². The van der Waals surface area contributed by atoms with Crippen LogP contribution in [0.4, 0.5) is 0 Å². The summed E-state index contributed by atoms with van der Waals surface area (Å²) >= 11 is 0. The number of nitrogens with one attached hydrogen (secondary N) is 1. The van der Waals surface area contributed by atoms with Crippen molar-refractivity contribution < 1.29 is 14.3 Å². The zero-order valence-electron chi connectivity index (χ0n) is 17.4. The molecule has 0 radical (unpaired) electrons. The molecule has 1 aromatic carbocycles. The standard InChI is InChI=1S/C21H32N4O3.HI/c1-22-21(25-12-14-28-19(16-25)18-9-6-13-27-18)23-11-10-20(26)24(2)15-17-7-4-3-5-8-17;/h3-5,7-8,18-19H,6,9-16H2,1-2H3,(H,22,23);1H. The zero-order chi connectivity index (χ0) is 19.8. The minimum atomic E-state index is 0. The molecule has 2 fully saturated rings. The molecule has 0 aromatic heterocycles. The number of aliphatic imine (C=N–C) groups is 1. The van der Waals surface area contributed by atoms with Crippen molar-refractivity contribution in [2.45, 2.75) is 38.0 Å². The van der Waals surface area contributed by atoms with E-state index in [0.29, 0.717) is 26.1 Å². The molecule has 2 saturated heterocycles. The van der Waals surface area contributed by atoms with Crippen molar-refractivity contribution in [3.8, 4) is 0 Å². The van der Waals surface area contributed by atoms with Gasteiger partial charge in [-0.1, -0.05) is 30.3 Å². The molecule has 0 spiro atoms. The van der Waals surface area contributed by atoms with Crippen LogP contribution in [0, 0.1) is 0 Å². The number of ether oxygens (including phenoxy) is 2. The van der Waals surface area contributed by atoms with Gasteiger partial charge < -0.3 is 24.6 Å². The van der Waals surface area contributed by atoms with E-state index in [-0.39, 0.29) is 42.1 Å². The number of hydrogen-bond acceptors (Lipinski definition) is 4. The smallest absolute Gasteiger partial charge is 0.224 e.